The number of hydrogen-bond acceptors (Lipinski definition) is 4. The van der Waals surface area contributed by atoms with Crippen LogP contribution in [0.5, 0.6) is 0 Å². The van der Waals surface area contributed by atoms with Crippen molar-refractivity contribution < 1.29 is 0 Å². The van der Waals surface area contributed by atoms with Gasteiger partial charge in [-0.1, -0.05) is 17.7 Å². The number of nitrogens with zero attached hydrogens (tertiary/aromatic N) is 3. The molecule has 1 aromatic heterocycles. The van der Waals surface area contributed by atoms with E-state index in [2.05, 4.69) is 72.1 Å². The first kappa shape index (κ1) is 15.3. The fourth-order valence-electron chi connectivity index (χ4n) is 2.40. The fraction of sp³-hybridized carbons (Fsp3) is 0.412. The smallest absolute Gasteiger partial charge is 0.141 e. The number of aryl methyl sites for hydroxylation is 2. The van der Waals surface area contributed by atoms with Gasteiger partial charge in [0.1, 0.15) is 17.5 Å². The third-order valence-corrected chi connectivity index (χ3v) is 3.49. The summed E-state index contributed by atoms with van der Waals surface area (Å²) in [6.45, 7) is 12.1. The number of anilines is 3. The van der Waals surface area contributed by atoms with E-state index >= 15 is 0 Å². The van der Waals surface area contributed by atoms with Crippen molar-refractivity contribution in [1.29, 1.82) is 0 Å². The van der Waals surface area contributed by atoms with Crippen molar-refractivity contribution in [3.63, 3.8) is 0 Å². The van der Waals surface area contributed by atoms with Crippen LogP contribution in [-0.4, -0.2) is 23.1 Å². The van der Waals surface area contributed by atoms with Crippen LogP contribution in [0.2, 0.25) is 0 Å². The first-order valence-electron chi connectivity index (χ1n) is 7.50. The molecule has 0 atom stereocenters. The van der Waals surface area contributed by atoms with Gasteiger partial charge >= 0.3 is 0 Å². The van der Waals surface area contributed by atoms with Crippen molar-refractivity contribution in [2.24, 2.45) is 0 Å². The number of nitrogens with one attached hydrogen (secondary N) is 1. The van der Waals surface area contributed by atoms with Crippen molar-refractivity contribution in [2.75, 3.05) is 23.3 Å². The monoisotopic (exact) mass is 284 g/mol. The zero-order valence-corrected chi connectivity index (χ0v) is 13.6. The van der Waals surface area contributed by atoms with Crippen LogP contribution in [0.3, 0.4) is 0 Å². The van der Waals surface area contributed by atoms with Gasteiger partial charge in [0, 0.05) is 24.3 Å². The van der Waals surface area contributed by atoms with Gasteiger partial charge in [-0.25, -0.2) is 9.97 Å². The highest BCUT2D eigenvalue weighted by Gasteiger charge is 2.15. The van der Waals surface area contributed by atoms with E-state index in [9.17, 15) is 0 Å². The molecule has 0 aliphatic heterocycles. The molecule has 1 heterocycles. The molecule has 0 amide bonds. The number of benzene rings is 1. The molecule has 0 aliphatic carbocycles. The van der Waals surface area contributed by atoms with Gasteiger partial charge in [0.25, 0.3) is 0 Å². The predicted molar refractivity (Wildman–Crippen MR) is 89.5 cm³/mol. The van der Waals surface area contributed by atoms with Gasteiger partial charge in [0.05, 0.1) is 0 Å². The molecule has 0 bridgehead atoms. The summed E-state index contributed by atoms with van der Waals surface area (Å²) in [4.78, 5) is 11.4. The second-order valence-electron chi connectivity index (χ2n) is 5.18. The second-order valence-corrected chi connectivity index (χ2v) is 5.18. The maximum atomic E-state index is 4.66. The highest BCUT2D eigenvalue weighted by molar-refractivity contribution is 5.67. The lowest BCUT2D eigenvalue weighted by Crippen LogP contribution is -2.20. The number of aromatic nitrogens is 2. The maximum absolute atomic E-state index is 4.66. The summed E-state index contributed by atoms with van der Waals surface area (Å²) in [7, 11) is 0. The van der Waals surface area contributed by atoms with Gasteiger partial charge in [0.15, 0.2) is 0 Å². The zero-order valence-electron chi connectivity index (χ0n) is 13.6. The average molecular weight is 284 g/mol. The average Bonchev–Trinajstić information content (AvgIpc) is 2.46. The van der Waals surface area contributed by atoms with Crippen LogP contribution in [0.4, 0.5) is 17.3 Å². The van der Waals surface area contributed by atoms with Crippen LogP contribution < -0.4 is 10.2 Å². The van der Waals surface area contributed by atoms with E-state index in [1.165, 1.54) is 5.56 Å². The summed E-state index contributed by atoms with van der Waals surface area (Å²) < 4.78 is 0. The summed E-state index contributed by atoms with van der Waals surface area (Å²) in [6, 6.07) is 8.55. The molecule has 0 saturated carbocycles. The first-order valence-corrected chi connectivity index (χ1v) is 7.50. The summed E-state index contributed by atoms with van der Waals surface area (Å²) in [6.07, 6.45) is 0. The first-order chi connectivity index (χ1) is 10.1. The molecular formula is C17H24N4. The quantitative estimate of drug-likeness (QED) is 0.901. The van der Waals surface area contributed by atoms with Crippen LogP contribution >= 0.6 is 0 Å². The van der Waals surface area contributed by atoms with Gasteiger partial charge in [-0.3, -0.25) is 0 Å². The lowest BCUT2D eigenvalue weighted by atomic mass is 10.2. The third kappa shape index (κ3) is 3.32. The Labute approximate surface area is 127 Å². The highest BCUT2D eigenvalue weighted by atomic mass is 15.2. The summed E-state index contributed by atoms with van der Waals surface area (Å²) >= 11 is 0. The predicted octanol–water partition coefficient (Wildman–Crippen LogP) is 3.99. The molecule has 0 saturated heterocycles. The Balaban J connectivity index is 2.49. The molecular weight excluding hydrogens is 260 g/mol. The fourth-order valence-corrected chi connectivity index (χ4v) is 2.40. The van der Waals surface area contributed by atoms with Crippen LogP contribution in [0.1, 0.15) is 30.8 Å². The van der Waals surface area contributed by atoms with Crippen LogP contribution in [0.15, 0.2) is 24.3 Å². The van der Waals surface area contributed by atoms with Crippen molar-refractivity contribution in [1.82, 2.24) is 9.97 Å². The summed E-state index contributed by atoms with van der Waals surface area (Å²) in [5.41, 5.74) is 3.51. The van der Waals surface area contributed by atoms with Crippen LogP contribution in [-0.2, 0) is 0 Å². The van der Waals surface area contributed by atoms with Gasteiger partial charge in [0.2, 0.25) is 0 Å². The number of rotatable bonds is 5. The van der Waals surface area contributed by atoms with E-state index in [0.29, 0.717) is 0 Å². The molecule has 0 radical (unpaired) electrons. The van der Waals surface area contributed by atoms with E-state index in [4.69, 9.17) is 0 Å². The largest absolute Gasteiger partial charge is 0.370 e. The molecule has 21 heavy (non-hydrogen) atoms. The minimum absolute atomic E-state index is 0.789. The Morgan fingerprint density at radius 1 is 1.00 bits per heavy atom. The molecule has 4 nitrogen and oxygen atoms in total. The SMILES string of the molecule is CCNc1nc(C)nc(N(CC)c2ccc(C)cc2)c1C. The molecule has 4 heteroatoms. The standard InChI is InChI=1S/C17H24N4/c1-6-18-16-13(4)17(20-14(5)19-16)21(7-2)15-10-8-12(3)9-11-15/h8-11H,6-7H2,1-5H3,(H,18,19,20). The Hall–Kier alpha value is -2.10. The molecule has 2 rings (SSSR count). The normalized spacial score (nSPS) is 10.5. The third-order valence-electron chi connectivity index (χ3n) is 3.49. The van der Waals surface area contributed by atoms with E-state index in [1.807, 2.05) is 6.92 Å². The molecule has 112 valence electrons. The lowest BCUT2D eigenvalue weighted by molar-refractivity contribution is 0.933. The van der Waals surface area contributed by atoms with Gasteiger partial charge in [-0.15, -0.1) is 0 Å². The highest BCUT2D eigenvalue weighted by Crippen LogP contribution is 2.29. The Bertz CT molecular complexity index is 605. The van der Waals surface area contributed by atoms with Gasteiger partial charge in [-0.05, 0) is 46.8 Å². The molecule has 0 unspecified atom stereocenters. The minimum Gasteiger partial charge on any atom is -0.370 e. The Kier molecular flexibility index (Phi) is 4.78. The molecule has 0 spiro atoms. The van der Waals surface area contributed by atoms with Crippen molar-refractivity contribution in [2.45, 2.75) is 34.6 Å². The van der Waals surface area contributed by atoms with Crippen molar-refractivity contribution >= 4 is 17.3 Å². The van der Waals surface area contributed by atoms with Gasteiger partial charge in [-0.2, -0.15) is 0 Å². The zero-order chi connectivity index (χ0) is 15.4. The molecule has 0 aliphatic rings. The van der Waals surface area contributed by atoms with E-state index in [0.717, 1.165) is 41.8 Å². The molecule has 1 N–H and O–H groups in total. The molecule has 2 aromatic rings. The van der Waals surface area contributed by atoms with Crippen molar-refractivity contribution in [3.8, 4) is 0 Å². The summed E-state index contributed by atoms with van der Waals surface area (Å²) in [5, 5.41) is 3.32. The van der Waals surface area contributed by atoms with E-state index in [1.54, 1.807) is 0 Å². The van der Waals surface area contributed by atoms with Gasteiger partial charge < -0.3 is 10.2 Å². The van der Waals surface area contributed by atoms with E-state index in [-0.39, 0.29) is 0 Å². The Morgan fingerprint density at radius 2 is 1.67 bits per heavy atom. The molecule has 1 aromatic carbocycles. The maximum Gasteiger partial charge on any atom is 0.141 e. The topological polar surface area (TPSA) is 41.1 Å². The minimum atomic E-state index is 0.789. The second kappa shape index (κ2) is 6.57. The Morgan fingerprint density at radius 3 is 2.24 bits per heavy atom. The van der Waals surface area contributed by atoms with E-state index < -0.39 is 0 Å². The lowest BCUT2D eigenvalue weighted by Gasteiger charge is -2.25. The summed E-state index contributed by atoms with van der Waals surface area (Å²) in [5.74, 6) is 2.69. The van der Waals surface area contributed by atoms with Crippen molar-refractivity contribution in [3.05, 3.63) is 41.2 Å². The number of hydrogen-bond donors (Lipinski definition) is 1. The van der Waals surface area contributed by atoms with Crippen LogP contribution in [0, 0.1) is 20.8 Å². The van der Waals surface area contributed by atoms with Crippen LogP contribution in [0.25, 0.3) is 0 Å². The molecule has 0 fully saturated rings.